The molecule has 0 fully saturated rings. The van der Waals surface area contributed by atoms with Crippen LogP contribution in [0.2, 0.25) is 0 Å². The van der Waals surface area contributed by atoms with Crippen LogP contribution in [0.3, 0.4) is 0 Å². The van der Waals surface area contributed by atoms with Crippen molar-refractivity contribution in [1.29, 1.82) is 0 Å². The topological polar surface area (TPSA) is 72.2 Å². The second-order valence-corrected chi connectivity index (χ2v) is 5.18. The molecule has 1 aromatic rings. The Labute approximate surface area is 101 Å². The molecule has 0 saturated carbocycles. The molecule has 1 rings (SSSR count). The Morgan fingerprint density at radius 2 is 2.18 bits per heavy atom. The third kappa shape index (κ3) is 4.48. The van der Waals surface area contributed by atoms with Crippen molar-refractivity contribution in [3.8, 4) is 0 Å². The summed E-state index contributed by atoms with van der Waals surface area (Å²) in [6, 6.07) is 3.27. The molecule has 94 valence electrons. The quantitative estimate of drug-likeness (QED) is 0.626. The van der Waals surface area contributed by atoms with Gasteiger partial charge in [0.15, 0.2) is 0 Å². The fourth-order valence-corrected chi connectivity index (χ4v) is 1.85. The minimum atomic E-state index is -0.910. The van der Waals surface area contributed by atoms with Crippen molar-refractivity contribution < 1.29 is 13.5 Å². The van der Waals surface area contributed by atoms with E-state index in [0.717, 1.165) is 6.07 Å². The van der Waals surface area contributed by atoms with E-state index in [-0.39, 0.29) is 5.69 Å². The zero-order chi connectivity index (χ0) is 12.8. The lowest BCUT2D eigenvalue weighted by Gasteiger charge is -2.05. The lowest BCUT2D eigenvalue weighted by molar-refractivity contribution is -0.385. The van der Waals surface area contributed by atoms with E-state index >= 15 is 0 Å². The van der Waals surface area contributed by atoms with E-state index in [9.17, 15) is 18.7 Å². The normalized spacial score (nSPS) is 12.1. The highest BCUT2D eigenvalue weighted by atomic mass is 32.2. The highest BCUT2D eigenvalue weighted by Crippen LogP contribution is 2.19. The molecule has 17 heavy (non-hydrogen) atoms. The molecule has 0 saturated heterocycles. The average molecular weight is 260 g/mol. The van der Waals surface area contributed by atoms with Crippen molar-refractivity contribution in [2.45, 2.75) is 6.92 Å². The molecule has 1 atom stereocenters. The molecule has 1 N–H and O–H groups in total. The molecule has 0 bridgehead atoms. The SMILES string of the molecule is CCS(=O)CCNc1cc(F)cc([N+](=O)[O-])c1. The Bertz CT molecular complexity index is 440. The zero-order valence-electron chi connectivity index (χ0n) is 9.31. The van der Waals surface area contributed by atoms with Gasteiger partial charge in [0.2, 0.25) is 0 Å². The van der Waals surface area contributed by atoms with Gasteiger partial charge in [-0.2, -0.15) is 0 Å². The highest BCUT2D eigenvalue weighted by Gasteiger charge is 2.09. The highest BCUT2D eigenvalue weighted by molar-refractivity contribution is 7.84. The van der Waals surface area contributed by atoms with Crippen molar-refractivity contribution in [2.75, 3.05) is 23.4 Å². The summed E-state index contributed by atoms with van der Waals surface area (Å²) < 4.78 is 24.2. The number of benzene rings is 1. The van der Waals surface area contributed by atoms with Crippen LogP contribution < -0.4 is 5.32 Å². The third-order valence-electron chi connectivity index (χ3n) is 2.07. The van der Waals surface area contributed by atoms with Gasteiger partial charge in [0, 0.05) is 40.6 Å². The smallest absolute Gasteiger partial charge is 0.274 e. The minimum Gasteiger partial charge on any atom is -0.384 e. The van der Waals surface area contributed by atoms with Crippen LogP contribution in [0, 0.1) is 15.9 Å². The largest absolute Gasteiger partial charge is 0.384 e. The Balaban J connectivity index is 2.65. The van der Waals surface area contributed by atoms with Gasteiger partial charge in [-0.3, -0.25) is 14.3 Å². The second-order valence-electron chi connectivity index (χ2n) is 3.31. The molecule has 0 aliphatic heterocycles. The number of nitrogens with one attached hydrogen (secondary N) is 1. The summed E-state index contributed by atoms with van der Waals surface area (Å²) in [5.74, 6) is 0.324. The van der Waals surface area contributed by atoms with Gasteiger partial charge < -0.3 is 5.32 Å². The fourth-order valence-electron chi connectivity index (χ4n) is 1.24. The van der Waals surface area contributed by atoms with Gasteiger partial charge in [0.1, 0.15) is 5.82 Å². The summed E-state index contributed by atoms with van der Waals surface area (Å²) >= 11 is 0. The molecule has 0 amide bonds. The summed E-state index contributed by atoms with van der Waals surface area (Å²) in [5.41, 5.74) is 0.0221. The first-order chi connectivity index (χ1) is 8.02. The van der Waals surface area contributed by atoms with Gasteiger partial charge in [0.25, 0.3) is 5.69 Å². The monoisotopic (exact) mass is 260 g/mol. The molecular formula is C10H13FN2O3S. The Morgan fingerprint density at radius 3 is 2.76 bits per heavy atom. The van der Waals surface area contributed by atoms with E-state index in [1.807, 2.05) is 6.92 Å². The standard InChI is InChI=1S/C10H13FN2O3S/c1-2-17(16)4-3-12-9-5-8(11)6-10(7-9)13(14)15/h5-7,12H,2-4H2,1H3. The first kappa shape index (κ1) is 13.6. The average Bonchev–Trinajstić information content (AvgIpc) is 2.28. The van der Waals surface area contributed by atoms with Gasteiger partial charge in [-0.05, 0) is 6.07 Å². The van der Waals surface area contributed by atoms with Crippen LogP contribution in [-0.4, -0.2) is 27.2 Å². The van der Waals surface area contributed by atoms with E-state index < -0.39 is 21.5 Å². The van der Waals surface area contributed by atoms with Crippen LogP contribution in [0.15, 0.2) is 18.2 Å². The van der Waals surface area contributed by atoms with E-state index in [1.165, 1.54) is 12.1 Å². The Kier molecular flexibility index (Phi) is 5.02. The van der Waals surface area contributed by atoms with Crippen LogP contribution >= 0.6 is 0 Å². The first-order valence-electron chi connectivity index (χ1n) is 5.06. The van der Waals surface area contributed by atoms with Gasteiger partial charge in [-0.1, -0.05) is 6.92 Å². The van der Waals surface area contributed by atoms with Gasteiger partial charge >= 0.3 is 0 Å². The van der Waals surface area contributed by atoms with E-state index in [2.05, 4.69) is 5.32 Å². The van der Waals surface area contributed by atoms with E-state index in [0.29, 0.717) is 23.7 Å². The Morgan fingerprint density at radius 1 is 1.47 bits per heavy atom. The van der Waals surface area contributed by atoms with Crippen LogP contribution in [-0.2, 0) is 10.8 Å². The summed E-state index contributed by atoms with van der Waals surface area (Å²) in [7, 11) is -0.910. The number of nitro benzene ring substituents is 1. The van der Waals surface area contributed by atoms with Crippen molar-refractivity contribution in [3.63, 3.8) is 0 Å². The predicted octanol–water partition coefficient (Wildman–Crippen LogP) is 1.91. The van der Waals surface area contributed by atoms with Crippen molar-refractivity contribution in [3.05, 3.63) is 34.1 Å². The maximum Gasteiger partial charge on any atom is 0.274 e. The summed E-state index contributed by atoms with van der Waals surface area (Å²) in [6.45, 7) is 2.20. The molecular weight excluding hydrogens is 247 g/mol. The van der Waals surface area contributed by atoms with Gasteiger partial charge in [0.05, 0.1) is 11.0 Å². The summed E-state index contributed by atoms with van der Waals surface area (Å²) in [5, 5.41) is 13.3. The third-order valence-corrected chi connectivity index (χ3v) is 3.38. The predicted molar refractivity (Wildman–Crippen MR) is 65.1 cm³/mol. The van der Waals surface area contributed by atoms with Crippen LogP contribution in [0.1, 0.15) is 6.92 Å². The Hall–Kier alpha value is -1.50. The molecule has 0 aliphatic carbocycles. The first-order valence-corrected chi connectivity index (χ1v) is 6.55. The second kappa shape index (κ2) is 6.29. The lowest BCUT2D eigenvalue weighted by Crippen LogP contribution is -2.12. The number of nitro groups is 1. The van der Waals surface area contributed by atoms with E-state index in [4.69, 9.17) is 0 Å². The molecule has 0 radical (unpaired) electrons. The molecule has 0 aromatic heterocycles. The molecule has 7 heteroatoms. The molecule has 0 heterocycles. The maximum atomic E-state index is 13.0. The number of rotatable bonds is 6. The molecule has 1 unspecified atom stereocenters. The summed E-state index contributed by atoms with van der Waals surface area (Å²) in [6.07, 6.45) is 0. The number of non-ortho nitro benzene ring substituents is 1. The lowest BCUT2D eigenvalue weighted by atomic mass is 10.2. The number of anilines is 1. The molecule has 0 aliphatic rings. The van der Waals surface area contributed by atoms with Crippen LogP contribution in [0.25, 0.3) is 0 Å². The zero-order valence-corrected chi connectivity index (χ0v) is 10.1. The van der Waals surface area contributed by atoms with Crippen LogP contribution in [0.5, 0.6) is 0 Å². The molecule has 0 spiro atoms. The van der Waals surface area contributed by atoms with Gasteiger partial charge in [-0.15, -0.1) is 0 Å². The summed E-state index contributed by atoms with van der Waals surface area (Å²) in [4.78, 5) is 9.84. The van der Waals surface area contributed by atoms with Crippen molar-refractivity contribution >= 4 is 22.2 Å². The number of hydrogen-bond donors (Lipinski definition) is 1. The molecule has 1 aromatic carbocycles. The number of halogens is 1. The van der Waals surface area contributed by atoms with Crippen molar-refractivity contribution in [1.82, 2.24) is 0 Å². The number of hydrogen-bond acceptors (Lipinski definition) is 4. The van der Waals surface area contributed by atoms with Crippen LogP contribution in [0.4, 0.5) is 15.8 Å². The number of nitrogens with zero attached hydrogens (tertiary/aromatic N) is 1. The minimum absolute atomic E-state index is 0.302. The van der Waals surface area contributed by atoms with Crippen molar-refractivity contribution in [2.24, 2.45) is 0 Å². The van der Waals surface area contributed by atoms with E-state index in [1.54, 1.807) is 0 Å². The molecule has 5 nitrogen and oxygen atoms in total. The maximum absolute atomic E-state index is 13.0. The van der Waals surface area contributed by atoms with Gasteiger partial charge in [-0.25, -0.2) is 4.39 Å². The fraction of sp³-hybridized carbons (Fsp3) is 0.400.